The summed E-state index contributed by atoms with van der Waals surface area (Å²) >= 11 is 7.09. The molecule has 10 nitrogen and oxygen atoms in total. The minimum Gasteiger partial charge on any atom is -0.477 e. The third-order valence-corrected chi connectivity index (χ3v) is 7.80. The van der Waals surface area contributed by atoms with Crippen molar-refractivity contribution >= 4 is 46.2 Å². The fourth-order valence-corrected chi connectivity index (χ4v) is 5.57. The number of nitrogens with zero attached hydrogens (tertiary/aromatic N) is 4. The molecule has 192 valence electrons. The first kappa shape index (κ1) is 26.1. The first-order chi connectivity index (χ1) is 17.2. The smallest absolute Gasteiger partial charge is 0.347 e. The molecule has 2 N–H and O–H groups in total. The summed E-state index contributed by atoms with van der Waals surface area (Å²) in [6.45, 7) is 7.08. The number of pyridine rings is 1. The van der Waals surface area contributed by atoms with Gasteiger partial charge >= 0.3 is 5.97 Å². The maximum atomic E-state index is 12.9. The molecular formula is C24H28ClN5O5S. The zero-order valence-electron chi connectivity index (χ0n) is 20.3. The zero-order chi connectivity index (χ0) is 26.0. The first-order valence-electron chi connectivity index (χ1n) is 11.8. The number of nitrogens with one attached hydrogen (secondary N) is 1. The number of halogens is 1. The number of ether oxygens (including phenoxy) is 1. The third-order valence-electron chi connectivity index (χ3n) is 6.30. The zero-order valence-corrected chi connectivity index (χ0v) is 21.9. The summed E-state index contributed by atoms with van der Waals surface area (Å²) in [6, 6.07) is 3.11. The van der Waals surface area contributed by atoms with Crippen LogP contribution in [-0.2, 0) is 9.53 Å². The van der Waals surface area contributed by atoms with Crippen molar-refractivity contribution in [1.29, 1.82) is 0 Å². The van der Waals surface area contributed by atoms with E-state index < -0.39 is 5.97 Å². The summed E-state index contributed by atoms with van der Waals surface area (Å²) in [5, 5.41) is 13.1. The number of amides is 1. The molecule has 0 spiro atoms. The van der Waals surface area contributed by atoms with Gasteiger partial charge in [0.05, 0.1) is 17.8 Å². The molecular weight excluding hydrogens is 506 g/mol. The van der Waals surface area contributed by atoms with Crippen LogP contribution in [0.4, 0.5) is 5.69 Å². The van der Waals surface area contributed by atoms with Gasteiger partial charge in [0.2, 0.25) is 0 Å². The van der Waals surface area contributed by atoms with E-state index in [0.717, 1.165) is 29.0 Å². The number of carbonyl (C=O) groups excluding carboxylic acids is 1. The predicted molar refractivity (Wildman–Crippen MR) is 139 cm³/mol. The fourth-order valence-electron chi connectivity index (χ4n) is 4.37. The van der Waals surface area contributed by atoms with Gasteiger partial charge in [-0.2, -0.15) is 0 Å². The molecule has 1 fully saturated rings. The van der Waals surface area contributed by atoms with Crippen LogP contribution in [-0.4, -0.2) is 64.1 Å². The molecule has 4 heterocycles. The van der Waals surface area contributed by atoms with E-state index in [9.17, 15) is 19.5 Å². The second-order valence-electron chi connectivity index (χ2n) is 8.60. The van der Waals surface area contributed by atoms with Gasteiger partial charge in [-0.25, -0.2) is 14.8 Å². The van der Waals surface area contributed by atoms with Crippen molar-refractivity contribution < 1.29 is 19.4 Å². The minimum absolute atomic E-state index is 0.109. The van der Waals surface area contributed by atoms with Crippen LogP contribution in [0.25, 0.3) is 5.13 Å². The lowest BCUT2D eigenvalue weighted by molar-refractivity contribution is -0.117. The molecule has 0 saturated carbocycles. The van der Waals surface area contributed by atoms with Crippen LogP contribution in [0.3, 0.4) is 0 Å². The maximum absolute atomic E-state index is 12.9. The Hall–Kier alpha value is -3.02. The van der Waals surface area contributed by atoms with Crippen LogP contribution in [0.15, 0.2) is 38.8 Å². The highest BCUT2D eigenvalue weighted by Crippen LogP contribution is 2.27. The van der Waals surface area contributed by atoms with Gasteiger partial charge in [0.25, 0.3) is 11.5 Å². The van der Waals surface area contributed by atoms with Gasteiger partial charge in [-0.15, -0.1) is 0 Å². The molecule has 0 radical (unpaired) electrons. The van der Waals surface area contributed by atoms with Crippen molar-refractivity contribution in [2.45, 2.75) is 52.2 Å². The van der Waals surface area contributed by atoms with E-state index in [2.05, 4.69) is 15.3 Å². The number of piperidine rings is 1. The Morgan fingerprint density at radius 2 is 2.14 bits per heavy atom. The van der Waals surface area contributed by atoms with Crippen LogP contribution in [0.2, 0.25) is 0 Å². The summed E-state index contributed by atoms with van der Waals surface area (Å²) in [4.78, 5) is 47.6. The lowest BCUT2D eigenvalue weighted by atomic mass is 10.00. The molecule has 2 aliphatic heterocycles. The van der Waals surface area contributed by atoms with Crippen molar-refractivity contribution in [3.8, 4) is 5.13 Å². The number of aryl methyl sites for hydroxylation is 1. The average molecular weight is 534 g/mol. The molecule has 0 aliphatic carbocycles. The highest BCUT2D eigenvalue weighted by Gasteiger charge is 2.33. The van der Waals surface area contributed by atoms with Crippen LogP contribution in [0.1, 0.15) is 48.5 Å². The summed E-state index contributed by atoms with van der Waals surface area (Å²) in [5.41, 5.74) is 2.16. The van der Waals surface area contributed by atoms with Gasteiger partial charge in [0.1, 0.15) is 15.7 Å². The first-order valence-corrected chi connectivity index (χ1v) is 13.0. The number of anilines is 1. The highest BCUT2D eigenvalue weighted by atomic mass is 35.5. The third kappa shape index (κ3) is 5.37. The quantitative estimate of drug-likeness (QED) is 0.499. The number of rotatable bonds is 8. The molecule has 2 atom stereocenters. The van der Waals surface area contributed by atoms with Crippen LogP contribution in [0, 0.1) is 6.92 Å². The van der Waals surface area contributed by atoms with Gasteiger partial charge in [-0.3, -0.25) is 14.2 Å². The number of allylic oxidation sites excluding steroid dienone is 1. The van der Waals surface area contributed by atoms with E-state index in [0.29, 0.717) is 54.2 Å². The van der Waals surface area contributed by atoms with E-state index in [4.69, 9.17) is 16.3 Å². The Morgan fingerprint density at radius 3 is 2.75 bits per heavy atom. The summed E-state index contributed by atoms with van der Waals surface area (Å²) in [6.07, 6.45) is 3.17. The number of hydrogen-bond acceptors (Lipinski definition) is 8. The minimum atomic E-state index is -1.07. The Kier molecular flexibility index (Phi) is 7.91. The second-order valence-corrected chi connectivity index (χ2v) is 9.94. The molecule has 1 saturated heterocycles. The molecule has 0 unspecified atom stereocenters. The second kappa shape index (κ2) is 10.9. The van der Waals surface area contributed by atoms with Crippen molar-refractivity contribution in [1.82, 2.24) is 14.9 Å². The molecule has 12 heteroatoms. The number of hydrogen-bond donors (Lipinski definition) is 2. The molecule has 2 aromatic rings. The van der Waals surface area contributed by atoms with Crippen molar-refractivity contribution in [3.05, 3.63) is 50.0 Å². The lowest BCUT2D eigenvalue weighted by Crippen LogP contribution is -2.56. The highest BCUT2D eigenvalue weighted by molar-refractivity contribution is 7.16. The topological polar surface area (TPSA) is 126 Å². The van der Waals surface area contributed by atoms with E-state index >= 15 is 0 Å². The number of aliphatic imine (C=N–C) groups is 1. The Bertz CT molecular complexity index is 1300. The number of carboxylic acid groups (broad SMARTS) is 1. The van der Waals surface area contributed by atoms with Gasteiger partial charge in [-0.1, -0.05) is 29.9 Å². The monoisotopic (exact) mass is 533 g/mol. The molecule has 2 aromatic heterocycles. The molecule has 2 aliphatic rings. The number of carboxylic acids is 1. The molecule has 4 rings (SSSR count). The Labute approximate surface area is 217 Å². The van der Waals surface area contributed by atoms with E-state index in [1.165, 1.54) is 10.6 Å². The Balaban J connectivity index is 1.46. The van der Waals surface area contributed by atoms with Gasteiger partial charge in [-0.05, 0) is 38.3 Å². The largest absolute Gasteiger partial charge is 0.477 e. The number of aromatic carboxylic acids is 1. The van der Waals surface area contributed by atoms with Gasteiger partial charge in [0, 0.05) is 44.1 Å². The molecule has 1 amide bonds. The van der Waals surface area contributed by atoms with Crippen LogP contribution < -0.4 is 15.8 Å². The summed E-state index contributed by atoms with van der Waals surface area (Å²) in [5.74, 6) is -1.30. The standard InChI is InChI=1S/C24H28ClN5O5S/c1-4-14-10-17(27-21(14)25)22(32)28-16-7-8-29(12-18(16)35-5-2)15-6-9-30(19(31)11-15)24-26-13(3)20(36-24)23(33)34/h6,9,11,16,18H,4-5,7-8,10,12H2,1-3H3,(H,28,32)(H,33,34)/t16-,18+/m1/s1. The number of aromatic nitrogens is 2. The molecule has 0 bridgehead atoms. The van der Waals surface area contributed by atoms with E-state index in [1.54, 1.807) is 19.2 Å². The number of carbonyl (C=O) groups is 2. The molecule has 36 heavy (non-hydrogen) atoms. The summed E-state index contributed by atoms with van der Waals surface area (Å²) in [7, 11) is 0. The fraction of sp³-hybridized carbons (Fsp3) is 0.458. The maximum Gasteiger partial charge on any atom is 0.347 e. The summed E-state index contributed by atoms with van der Waals surface area (Å²) < 4.78 is 7.30. The van der Waals surface area contributed by atoms with Crippen LogP contribution in [0.5, 0.6) is 0 Å². The van der Waals surface area contributed by atoms with Crippen molar-refractivity contribution in [2.75, 3.05) is 24.6 Å². The van der Waals surface area contributed by atoms with E-state index in [1.807, 2.05) is 18.7 Å². The van der Waals surface area contributed by atoms with Gasteiger partial charge < -0.3 is 20.1 Å². The lowest BCUT2D eigenvalue weighted by Gasteiger charge is -2.39. The van der Waals surface area contributed by atoms with Crippen molar-refractivity contribution in [3.63, 3.8) is 0 Å². The molecule has 0 aromatic carbocycles. The van der Waals surface area contributed by atoms with Crippen molar-refractivity contribution in [2.24, 2.45) is 4.99 Å². The number of thiazole rings is 1. The SMILES string of the molecule is CCO[C@H]1CN(c2ccn(-c3nc(C)c(C(=O)O)s3)c(=O)c2)CC[C@H]1NC(=O)C1=NC(Cl)=C(CC)C1. The Morgan fingerprint density at radius 1 is 1.36 bits per heavy atom. The average Bonchev–Trinajstić information content (AvgIpc) is 3.42. The van der Waals surface area contributed by atoms with Crippen LogP contribution >= 0.6 is 22.9 Å². The van der Waals surface area contributed by atoms with E-state index in [-0.39, 0.29) is 28.5 Å². The predicted octanol–water partition coefficient (Wildman–Crippen LogP) is 3.11. The van der Waals surface area contributed by atoms with Gasteiger partial charge in [0.15, 0.2) is 5.13 Å². The normalized spacial score (nSPS) is 20.0.